The standard InChI is InChI=1S/C13H17N3/c1-10-4-2-5-11-8-15-16(13(10)11)9-12-6-3-7-14-12/h2,4-5,8,12,14H,3,6-7,9H2,1H3. The summed E-state index contributed by atoms with van der Waals surface area (Å²) in [5.74, 6) is 0. The van der Waals surface area contributed by atoms with Gasteiger partial charge in [0.1, 0.15) is 0 Å². The normalized spacial score (nSPS) is 20.7. The van der Waals surface area contributed by atoms with Crippen molar-refractivity contribution >= 4 is 10.9 Å². The molecular formula is C13H17N3. The van der Waals surface area contributed by atoms with E-state index >= 15 is 0 Å². The van der Waals surface area contributed by atoms with Gasteiger partial charge in [0.15, 0.2) is 0 Å². The number of hydrogen-bond donors (Lipinski definition) is 1. The average Bonchev–Trinajstić information content (AvgIpc) is 2.90. The first-order valence-electron chi connectivity index (χ1n) is 5.99. The van der Waals surface area contributed by atoms with Gasteiger partial charge in [-0.25, -0.2) is 0 Å². The van der Waals surface area contributed by atoms with Crippen LogP contribution in [0.15, 0.2) is 24.4 Å². The molecule has 1 aliphatic rings. The lowest BCUT2D eigenvalue weighted by atomic mass is 10.1. The molecule has 16 heavy (non-hydrogen) atoms. The van der Waals surface area contributed by atoms with Crippen LogP contribution in [0.5, 0.6) is 0 Å². The van der Waals surface area contributed by atoms with Crippen molar-refractivity contribution in [3.63, 3.8) is 0 Å². The van der Waals surface area contributed by atoms with Gasteiger partial charge >= 0.3 is 0 Å². The third-order valence-electron chi connectivity index (χ3n) is 3.42. The van der Waals surface area contributed by atoms with E-state index in [0.717, 1.165) is 13.1 Å². The minimum Gasteiger partial charge on any atom is -0.312 e. The summed E-state index contributed by atoms with van der Waals surface area (Å²) in [6.45, 7) is 4.31. The van der Waals surface area contributed by atoms with Crippen molar-refractivity contribution in [3.8, 4) is 0 Å². The molecule has 1 aliphatic heterocycles. The Kier molecular flexibility index (Phi) is 2.40. The number of fused-ring (bicyclic) bond motifs is 1. The van der Waals surface area contributed by atoms with E-state index in [0.29, 0.717) is 6.04 Å². The molecule has 84 valence electrons. The Morgan fingerprint density at radius 1 is 1.50 bits per heavy atom. The summed E-state index contributed by atoms with van der Waals surface area (Å²) >= 11 is 0. The minimum absolute atomic E-state index is 0.600. The lowest BCUT2D eigenvalue weighted by Gasteiger charge is -2.11. The van der Waals surface area contributed by atoms with Gasteiger partial charge in [0.25, 0.3) is 0 Å². The van der Waals surface area contributed by atoms with Crippen LogP contribution >= 0.6 is 0 Å². The molecule has 1 N–H and O–H groups in total. The molecule has 3 rings (SSSR count). The van der Waals surface area contributed by atoms with Crippen LogP contribution in [-0.4, -0.2) is 22.4 Å². The summed E-state index contributed by atoms with van der Waals surface area (Å²) in [4.78, 5) is 0. The molecule has 0 spiro atoms. The molecule has 1 unspecified atom stereocenters. The van der Waals surface area contributed by atoms with E-state index in [9.17, 15) is 0 Å². The maximum Gasteiger partial charge on any atom is 0.0712 e. The van der Waals surface area contributed by atoms with Crippen LogP contribution in [-0.2, 0) is 6.54 Å². The molecule has 0 radical (unpaired) electrons. The Hall–Kier alpha value is -1.35. The van der Waals surface area contributed by atoms with Gasteiger partial charge in [0, 0.05) is 11.4 Å². The Morgan fingerprint density at radius 3 is 3.25 bits per heavy atom. The highest BCUT2D eigenvalue weighted by atomic mass is 15.3. The molecule has 0 aliphatic carbocycles. The summed E-state index contributed by atoms with van der Waals surface area (Å²) in [6.07, 6.45) is 4.54. The third kappa shape index (κ3) is 1.61. The number of benzene rings is 1. The summed E-state index contributed by atoms with van der Waals surface area (Å²) in [7, 11) is 0. The largest absolute Gasteiger partial charge is 0.312 e. The van der Waals surface area contributed by atoms with Crippen LogP contribution < -0.4 is 5.32 Å². The SMILES string of the molecule is Cc1cccc2cnn(CC3CCCN3)c12. The molecule has 3 nitrogen and oxygen atoms in total. The van der Waals surface area contributed by atoms with Crippen LogP contribution in [0.25, 0.3) is 10.9 Å². The second-order valence-electron chi connectivity index (χ2n) is 4.63. The fourth-order valence-corrected chi connectivity index (χ4v) is 2.59. The van der Waals surface area contributed by atoms with Crippen LogP contribution in [0.2, 0.25) is 0 Å². The Bertz CT molecular complexity index is 495. The molecule has 1 aromatic heterocycles. The Balaban J connectivity index is 1.97. The molecule has 3 heteroatoms. The maximum absolute atomic E-state index is 4.50. The van der Waals surface area contributed by atoms with E-state index in [1.807, 2.05) is 6.20 Å². The maximum atomic E-state index is 4.50. The van der Waals surface area contributed by atoms with Crippen molar-refractivity contribution in [2.45, 2.75) is 32.4 Å². The number of para-hydroxylation sites is 1. The summed E-state index contributed by atoms with van der Waals surface area (Å²) in [5.41, 5.74) is 2.60. The first-order chi connectivity index (χ1) is 7.84. The molecule has 0 bridgehead atoms. The van der Waals surface area contributed by atoms with Crippen molar-refractivity contribution in [2.75, 3.05) is 6.54 Å². The van der Waals surface area contributed by atoms with Crippen molar-refractivity contribution in [1.29, 1.82) is 0 Å². The van der Waals surface area contributed by atoms with E-state index in [2.05, 4.69) is 40.2 Å². The quantitative estimate of drug-likeness (QED) is 0.831. The van der Waals surface area contributed by atoms with Gasteiger partial charge < -0.3 is 5.32 Å². The lowest BCUT2D eigenvalue weighted by Crippen LogP contribution is -2.27. The number of aryl methyl sites for hydroxylation is 1. The highest BCUT2D eigenvalue weighted by molar-refractivity contribution is 5.81. The summed E-state index contributed by atoms with van der Waals surface area (Å²) in [5, 5.41) is 9.26. The molecule has 1 atom stereocenters. The van der Waals surface area contributed by atoms with Crippen LogP contribution in [0.1, 0.15) is 18.4 Å². The van der Waals surface area contributed by atoms with Gasteiger partial charge in [0.2, 0.25) is 0 Å². The molecule has 1 aromatic carbocycles. The summed E-state index contributed by atoms with van der Waals surface area (Å²) in [6, 6.07) is 6.98. The van der Waals surface area contributed by atoms with E-state index in [4.69, 9.17) is 0 Å². The predicted molar refractivity (Wildman–Crippen MR) is 65.5 cm³/mol. The Labute approximate surface area is 95.5 Å². The molecular weight excluding hydrogens is 198 g/mol. The average molecular weight is 215 g/mol. The van der Waals surface area contributed by atoms with Crippen LogP contribution in [0, 0.1) is 6.92 Å². The topological polar surface area (TPSA) is 29.9 Å². The zero-order valence-electron chi connectivity index (χ0n) is 9.61. The summed E-state index contributed by atoms with van der Waals surface area (Å²) < 4.78 is 2.15. The molecule has 0 saturated carbocycles. The number of aromatic nitrogens is 2. The first-order valence-corrected chi connectivity index (χ1v) is 5.99. The predicted octanol–water partition coefficient (Wildman–Crippen LogP) is 2.10. The van der Waals surface area contributed by atoms with Crippen molar-refractivity contribution < 1.29 is 0 Å². The van der Waals surface area contributed by atoms with E-state index in [1.54, 1.807) is 0 Å². The fraction of sp³-hybridized carbons (Fsp3) is 0.462. The number of nitrogens with one attached hydrogen (secondary N) is 1. The molecule has 0 amide bonds. The van der Waals surface area contributed by atoms with Gasteiger partial charge in [-0.2, -0.15) is 5.10 Å². The molecule has 2 heterocycles. The van der Waals surface area contributed by atoms with E-state index in [-0.39, 0.29) is 0 Å². The Morgan fingerprint density at radius 2 is 2.44 bits per heavy atom. The van der Waals surface area contributed by atoms with Crippen molar-refractivity contribution in [1.82, 2.24) is 15.1 Å². The zero-order chi connectivity index (χ0) is 11.0. The van der Waals surface area contributed by atoms with Gasteiger partial charge in [-0.15, -0.1) is 0 Å². The first kappa shape index (κ1) is 9.85. The van der Waals surface area contributed by atoms with E-state index in [1.165, 1.54) is 29.3 Å². The molecule has 1 saturated heterocycles. The van der Waals surface area contributed by atoms with Gasteiger partial charge in [-0.3, -0.25) is 4.68 Å². The van der Waals surface area contributed by atoms with Gasteiger partial charge in [-0.05, 0) is 31.9 Å². The molecule has 1 fully saturated rings. The lowest BCUT2D eigenvalue weighted by molar-refractivity contribution is 0.486. The highest BCUT2D eigenvalue weighted by Crippen LogP contribution is 2.19. The van der Waals surface area contributed by atoms with Crippen LogP contribution in [0.4, 0.5) is 0 Å². The van der Waals surface area contributed by atoms with Crippen LogP contribution in [0.3, 0.4) is 0 Å². The number of nitrogens with zero attached hydrogens (tertiary/aromatic N) is 2. The van der Waals surface area contributed by atoms with E-state index < -0.39 is 0 Å². The fourth-order valence-electron chi connectivity index (χ4n) is 2.59. The van der Waals surface area contributed by atoms with Gasteiger partial charge in [0.05, 0.1) is 18.3 Å². The van der Waals surface area contributed by atoms with Crippen molar-refractivity contribution in [2.24, 2.45) is 0 Å². The van der Waals surface area contributed by atoms with Gasteiger partial charge in [-0.1, -0.05) is 18.2 Å². The number of rotatable bonds is 2. The highest BCUT2D eigenvalue weighted by Gasteiger charge is 2.16. The monoisotopic (exact) mass is 215 g/mol. The minimum atomic E-state index is 0.600. The third-order valence-corrected chi connectivity index (χ3v) is 3.42. The smallest absolute Gasteiger partial charge is 0.0712 e. The number of hydrogen-bond acceptors (Lipinski definition) is 2. The zero-order valence-corrected chi connectivity index (χ0v) is 9.61. The second kappa shape index (κ2) is 3.91. The second-order valence-corrected chi connectivity index (χ2v) is 4.63. The molecule has 2 aromatic rings. The van der Waals surface area contributed by atoms with Crippen molar-refractivity contribution in [3.05, 3.63) is 30.0 Å².